The lowest BCUT2D eigenvalue weighted by Crippen LogP contribution is -2.23. The fourth-order valence-electron chi connectivity index (χ4n) is 1.18. The topological polar surface area (TPSA) is 29.0 Å². The molecule has 3 nitrogen and oxygen atoms in total. The highest BCUT2D eigenvalue weighted by Crippen LogP contribution is 2.17. The van der Waals surface area contributed by atoms with Gasteiger partial charge in [-0.3, -0.25) is 0 Å². The second-order valence-corrected chi connectivity index (χ2v) is 4.88. The van der Waals surface area contributed by atoms with Crippen LogP contribution in [0.5, 0.6) is 0 Å². The van der Waals surface area contributed by atoms with Crippen LogP contribution in [0.25, 0.3) is 0 Å². The molecular formula is C9H16ClN3S. The second kappa shape index (κ2) is 5.51. The van der Waals surface area contributed by atoms with Gasteiger partial charge in [-0.05, 0) is 13.3 Å². The van der Waals surface area contributed by atoms with E-state index in [1.165, 1.54) is 11.5 Å². The molecule has 0 saturated carbocycles. The van der Waals surface area contributed by atoms with Crippen LogP contribution in [0.4, 0.5) is 5.13 Å². The summed E-state index contributed by atoms with van der Waals surface area (Å²) in [5.74, 6) is 0.946. The Morgan fingerprint density at radius 1 is 1.57 bits per heavy atom. The van der Waals surface area contributed by atoms with Crippen molar-refractivity contribution in [3.63, 3.8) is 0 Å². The predicted molar refractivity (Wildman–Crippen MR) is 62.5 cm³/mol. The Labute approximate surface area is 94.3 Å². The molecule has 5 heteroatoms. The van der Waals surface area contributed by atoms with Crippen molar-refractivity contribution in [2.45, 2.75) is 32.1 Å². The molecule has 1 aromatic rings. The molecule has 0 amide bonds. The Balaban J connectivity index is 2.57. The average Bonchev–Trinajstić information content (AvgIpc) is 2.52. The normalized spacial score (nSPS) is 12.9. The van der Waals surface area contributed by atoms with Crippen molar-refractivity contribution >= 4 is 28.3 Å². The van der Waals surface area contributed by atoms with E-state index in [4.69, 9.17) is 11.6 Å². The third kappa shape index (κ3) is 3.42. The van der Waals surface area contributed by atoms with Crippen molar-refractivity contribution in [1.29, 1.82) is 0 Å². The molecule has 0 aliphatic rings. The molecule has 1 atom stereocenters. The molecule has 0 fully saturated rings. The number of hydrogen-bond acceptors (Lipinski definition) is 4. The summed E-state index contributed by atoms with van der Waals surface area (Å²) < 4.78 is 4.28. The lowest BCUT2D eigenvalue weighted by atomic mass is 10.3. The van der Waals surface area contributed by atoms with Gasteiger partial charge in [0.25, 0.3) is 0 Å². The number of alkyl halides is 1. The fraction of sp³-hybridized carbons (Fsp3) is 0.778. The quantitative estimate of drug-likeness (QED) is 0.732. The number of halogens is 1. The maximum Gasteiger partial charge on any atom is 0.204 e. The van der Waals surface area contributed by atoms with Crippen molar-refractivity contribution in [2.75, 3.05) is 18.5 Å². The van der Waals surface area contributed by atoms with Crippen LogP contribution in [0, 0.1) is 0 Å². The monoisotopic (exact) mass is 233 g/mol. The third-order valence-corrected chi connectivity index (χ3v) is 2.79. The highest BCUT2D eigenvalue weighted by Gasteiger charge is 2.09. The molecule has 14 heavy (non-hydrogen) atoms. The minimum Gasteiger partial charge on any atom is -0.348 e. The van der Waals surface area contributed by atoms with Gasteiger partial charge in [-0.2, -0.15) is 4.37 Å². The number of hydrogen-bond donors (Lipinski definition) is 0. The Bertz CT molecular complexity index is 275. The Hall–Kier alpha value is -0.350. The fourth-order valence-corrected chi connectivity index (χ4v) is 2.07. The van der Waals surface area contributed by atoms with Crippen LogP contribution in [-0.2, 0) is 6.42 Å². The van der Waals surface area contributed by atoms with Gasteiger partial charge in [0.2, 0.25) is 5.13 Å². The van der Waals surface area contributed by atoms with Crippen molar-refractivity contribution in [1.82, 2.24) is 9.36 Å². The first-order chi connectivity index (χ1) is 6.63. The zero-order valence-corrected chi connectivity index (χ0v) is 10.4. The van der Waals surface area contributed by atoms with Gasteiger partial charge in [0.05, 0.1) is 0 Å². The van der Waals surface area contributed by atoms with E-state index in [0.717, 1.165) is 30.3 Å². The van der Waals surface area contributed by atoms with Crippen molar-refractivity contribution in [3.8, 4) is 0 Å². The summed E-state index contributed by atoms with van der Waals surface area (Å²) in [6.07, 6.45) is 2.05. The van der Waals surface area contributed by atoms with E-state index >= 15 is 0 Å². The summed E-state index contributed by atoms with van der Waals surface area (Å²) in [5.41, 5.74) is 0. The van der Waals surface area contributed by atoms with Crippen LogP contribution in [0.2, 0.25) is 0 Å². The van der Waals surface area contributed by atoms with Crippen LogP contribution < -0.4 is 4.90 Å². The van der Waals surface area contributed by atoms with Crippen molar-refractivity contribution < 1.29 is 0 Å². The molecule has 1 rings (SSSR count). The number of aromatic nitrogens is 2. The number of aryl methyl sites for hydroxylation is 1. The maximum atomic E-state index is 5.91. The minimum absolute atomic E-state index is 0.138. The summed E-state index contributed by atoms with van der Waals surface area (Å²) in [7, 11) is 2.00. The molecule has 0 bridgehead atoms. The van der Waals surface area contributed by atoms with E-state index in [1.54, 1.807) is 0 Å². The lowest BCUT2D eigenvalue weighted by molar-refractivity contribution is 0.830. The van der Waals surface area contributed by atoms with Crippen molar-refractivity contribution in [3.05, 3.63) is 5.82 Å². The second-order valence-electron chi connectivity index (χ2n) is 3.40. The zero-order valence-electron chi connectivity index (χ0n) is 8.83. The molecule has 0 aromatic carbocycles. The largest absolute Gasteiger partial charge is 0.348 e. The highest BCUT2D eigenvalue weighted by atomic mass is 35.5. The third-order valence-electron chi connectivity index (χ3n) is 1.78. The highest BCUT2D eigenvalue weighted by molar-refractivity contribution is 7.09. The summed E-state index contributed by atoms with van der Waals surface area (Å²) in [4.78, 5) is 6.48. The standard InChI is InChI=1S/C9H16ClN3S/c1-4-5-8-11-9(14-12-8)13(3)6-7(2)10/h7H,4-6H2,1-3H3. The number of nitrogens with zero attached hydrogens (tertiary/aromatic N) is 3. The summed E-state index contributed by atoms with van der Waals surface area (Å²) in [6, 6.07) is 0. The first-order valence-corrected chi connectivity index (χ1v) is 6.02. The minimum atomic E-state index is 0.138. The number of rotatable bonds is 5. The van der Waals surface area contributed by atoms with Crippen molar-refractivity contribution in [2.24, 2.45) is 0 Å². The molecule has 1 unspecified atom stereocenters. The first-order valence-electron chi connectivity index (χ1n) is 4.81. The van der Waals surface area contributed by atoms with Crippen LogP contribution >= 0.6 is 23.1 Å². The molecule has 0 saturated heterocycles. The Morgan fingerprint density at radius 3 is 2.86 bits per heavy atom. The molecule has 0 spiro atoms. The lowest BCUT2D eigenvalue weighted by Gasteiger charge is -2.15. The molecule has 0 aliphatic heterocycles. The smallest absolute Gasteiger partial charge is 0.204 e. The molecule has 0 aliphatic carbocycles. The predicted octanol–water partition coefficient (Wildman–Crippen LogP) is 2.55. The maximum absolute atomic E-state index is 5.91. The van der Waals surface area contributed by atoms with E-state index in [-0.39, 0.29) is 5.38 Å². The van der Waals surface area contributed by atoms with Gasteiger partial charge in [-0.25, -0.2) is 4.98 Å². The van der Waals surface area contributed by atoms with Gasteiger partial charge in [0.1, 0.15) is 5.82 Å². The summed E-state index contributed by atoms with van der Waals surface area (Å²) >= 11 is 7.35. The van der Waals surface area contributed by atoms with Gasteiger partial charge in [0.15, 0.2) is 0 Å². The zero-order chi connectivity index (χ0) is 10.6. The van der Waals surface area contributed by atoms with Gasteiger partial charge < -0.3 is 4.90 Å². The SMILES string of the molecule is CCCc1nsc(N(C)CC(C)Cl)n1. The van der Waals surface area contributed by atoms with E-state index in [9.17, 15) is 0 Å². The van der Waals surface area contributed by atoms with Crippen LogP contribution in [-0.4, -0.2) is 28.3 Å². The van der Waals surface area contributed by atoms with E-state index < -0.39 is 0 Å². The summed E-state index contributed by atoms with van der Waals surface area (Å²) in [6.45, 7) is 4.92. The van der Waals surface area contributed by atoms with Crippen LogP contribution in [0.1, 0.15) is 26.1 Å². The van der Waals surface area contributed by atoms with E-state index in [1.807, 2.05) is 14.0 Å². The van der Waals surface area contributed by atoms with Gasteiger partial charge in [0, 0.05) is 36.9 Å². The van der Waals surface area contributed by atoms with Gasteiger partial charge in [-0.1, -0.05) is 6.92 Å². The molecule has 0 N–H and O–H groups in total. The molecular weight excluding hydrogens is 218 g/mol. The van der Waals surface area contributed by atoms with E-state index in [2.05, 4.69) is 21.2 Å². The molecule has 1 heterocycles. The first kappa shape index (κ1) is 11.7. The van der Waals surface area contributed by atoms with Crippen LogP contribution in [0.3, 0.4) is 0 Å². The number of anilines is 1. The molecule has 80 valence electrons. The average molecular weight is 234 g/mol. The van der Waals surface area contributed by atoms with Crippen LogP contribution in [0.15, 0.2) is 0 Å². The summed E-state index contributed by atoms with van der Waals surface area (Å²) in [5, 5.41) is 1.10. The van der Waals surface area contributed by atoms with Gasteiger partial charge >= 0.3 is 0 Å². The Kier molecular flexibility index (Phi) is 4.62. The molecule has 0 radical (unpaired) electrons. The van der Waals surface area contributed by atoms with E-state index in [0.29, 0.717) is 0 Å². The molecule has 1 aromatic heterocycles. The van der Waals surface area contributed by atoms with Gasteiger partial charge in [-0.15, -0.1) is 11.6 Å². The Morgan fingerprint density at radius 2 is 2.29 bits per heavy atom.